The highest BCUT2D eigenvalue weighted by atomic mass is 35.5. The third-order valence-corrected chi connectivity index (χ3v) is 5.36. The Morgan fingerprint density at radius 2 is 2.00 bits per heavy atom. The molecule has 0 bridgehead atoms. The van der Waals surface area contributed by atoms with Gasteiger partial charge in [0.1, 0.15) is 0 Å². The number of hydrogen-bond donors (Lipinski definition) is 2. The zero-order chi connectivity index (χ0) is 14.3. The predicted molar refractivity (Wildman–Crippen MR) is 83.3 cm³/mol. The molecule has 108 valence electrons. The first kappa shape index (κ1) is 13.7. The maximum Gasteiger partial charge on any atom is 0.323 e. The highest BCUT2D eigenvalue weighted by Crippen LogP contribution is 2.49. The fraction of sp³-hybridized carbons (Fsp3) is 0.562. The van der Waals surface area contributed by atoms with E-state index < -0.39 is 0 Å². The van der Waals surface area contributed by atoms with Crippen LogP contribution in [-0.4, -0.2) is 9.97 Å². The van der Waals surface area contributed by atoms with E-state index >= 15 is 0 Å². The Morgan fingerprint density at radius 3 is 2.75 bits per heavy atom. The van der Waals surface area contributed by atoms with Crippen molar-refractivity contribution in [2.24, 2.45) is 11.3 Å². The quantitative estimate of drug-likeness (QED) is 0.794. The minimum atomic E-state index is -0.165. The van der Waals surface area contributed by atoms with Gasteiger partial charge >= 0.3 is 5.69 Å². The molecule has 1 saturated carbocycles. The van der Waals surface area contributed by atoms with Crippen LogP contribution in [-0.2, 0) is 0 Å². The zero-order valence-electron chi connectivity index (χ0n) is 12.0. The van der Waals surface area contributed by atoms with Gasteiger partial charge in [-0.25, -0.2) is 4.79 Å². The molecule has 1 heterocycles. The van der Waals surface area contributed by atoms with Crippen molar-refractivity contribution in [2.45, 2.75) is 44.9 Å². The minimum absolute atomic E-state index is 0.00750. The molecule has 3 nitrogen and oxygen atoms in total. The standard InChI is InChI=1S/C16H21ClN2O/c1-16(2)8-4-3-5-11(16)14(17)10-6-7-12-13(9-10)19-15(20)18-12/h6-7,9,11,14H,3-5,8H2,1-2H3,(H2,18,19,20). The molecule has 0 amide bonds. The van der Waals surface area contributed by atoms with Crippen LogP contribution in [0.4, 0.5) is 0 Å². The molecule has 2 unspecified atom stereocenters. The summed E-state index contributed by atoms with van der Waals surface area (Å²) in [7, 11) is 0. The molecule has 1 aromatic heterocycles. The molecule has 0 saturated heterocycles. The number of aromatic amines is 2. The first-order valence-electron chi connectivity index (χ1n) is 7.33. The number of nitrogens with one attached hydrogen (secondary N) is 2. The van der Waals surface area contributed by atoms with Crippen LogP contribution in [0.25, 0.3) is 11.0 Å². The zero-order valence-corrected chi connectivity index (χ0v) is 12.8. The highest BCUT2D eigenvalue weighted by molar-refractivity contribution is 6.21. The topological polar surface area (TPSA) is 48.6 Å². The van der Waals surface area contributed by atoms with Crippen LogP contribution < -0.4 is 5.69 Å². The van der Waals surface area contributed by atoms with E-state index in [0.29, 0.717) is 5.92 Å². The van der Waals surface area contributed by atoms with Crippen LogP contribution in [0.1, 0.15) is 50.5 Å². The summed E-state index contributed by atoms with van der Waals surface area (Å²) in [5.74, 6) is 0.487. The normalized spacial score (nSPS) is 23.9. The first-order valence-corrected chi connectivity index (χ1v) is 7.77. The molecular formula is C16H21ClN2O. The molecular weight excluding hydrogens is 272 g/mol. The lowest BCUT2D eigenvalue weighted by Crippen LogP contribution is -2.30. The van der Waals surface area contributed by atoms with Crippen molar-refractivity contribution >= 4 is 22.6 Å². The van der Waals surface area contributed by atoms with Crippen molar-refractivity contribution in [3.8, 4) is 0 Å². The average molecular weight is 293 g/mol. The van der Waals surface area contributed by atoms with Gasteiger partial charge in [0.15, 0.2) is 0 Å². The molecule has 20 heavy (non-hydrogen) atoms. The lowest BCUT2D eigenvalue weighted by Gasteiger charge is -2.41. The van der Waals surface area contributed by atoms with Gasteiger partial charge in [0.25, 0.3) is 0 Å². The van der Waals surface area contributed by atoms with Gasteiger partial charge in [-0.15, -0.1) is 11.6 Å². The number of fused-ring (bicyclic) bond motifs is 1. The van der Waals surface area contributed by atoms with E-state index in [1.807, 2.05) is 18.2 Å². The summed E-state index contributed by atoms with van der Waals surface area (Å²) in [6.45, 7) is 4.64. The minimum Gasteiger partial charge on any atom is -0.306 e. The molecule has 1 aliphatic carbocycles. The molecule has 1 fully saturated rings. The maximum atomic E-state index is 11.3. The smallest absolute Gasteiger partial charge is 0.306 e. The molecule has 0 aliphatic heterocycles. The largest absolute Gasteiger partial charge is 0.323 e. The molecule has 1 aromatic carbocycles. The summed E-state index contributed by atoms with van der Waals surface area (Å²) in [5, 5.41) is 0.00750. The van der Waals surface area contributed by atoms with Crippen LogP contribution in [0.5, 0.6) is 0 Å². The maximum absolute atomic E-state index is 11.3. The van der Waals surface area contributed by atoms with E-state index in [9.17, 15) is 4.79 Å². The van der Waals surface area contributed by atoms with Gasteiger partial charge in [-0.3, -0.25) is 0 Å². The summed E-state index contributed by atoms with van der Waals surface area (Å²) in [6, 6.07) is 5.98. The third kappa shape index (κ3) is 2.39. The monoisotopic (exact) mass is 292 g/mol. The second-order valence-corrected chi connectivity index (χ2v) is 7.10. The molecule has 1 aliphatic rings. The predicted octanol–water partition coefficient (Wildman–Crippen LogP) is 4.35. The lowest BCUT2D eigenvalue weighted by molar-refractivity contribution is 0.133. The van der Waals surface area contributed by atoms with Crippen molar-refractivity contribution in [3.63, 3.8) is 0 Å². The summed E-state index contributed by atoms with van der Waals surface area (Å²) in [4.78, 5) is 16.9. The van der Waals surface area contributed by atoms with Gasteiger partial charge in [0.05, 0.1) is 16.4 Å². The second-order valence-electron chi connectivity index (χ2n) is 6.63. The summed E-state index contributed by atoms with van der Waals surface area (Å²) in [5.41, 5.74) is 2.90. The number of benzene rings is 1. The number of alkyl halides is 1. The van der Waals surface area contributed by atoms with Crippen LogP contribution in [0, 0.1) is 11.3 Å². The first-order chi connectivity index (χ1) is 9.47. The fourth-order valence-corrected chi connectivity index (χ4v) is 4.12. The molecule has 2 aromatic rings. The van der Waals surface area contributed by atoms with E-state index in [1.165, 1.54) is 25.7 Å². The number of imidazole rings is 1. The summed E-state index contributed by atoms with van der Waals surface area (Å²) in [6.07, 6.45) is 4.99. The van der Waals surface area contributed by atoms with Crippen LogP contribution in [0.2, 0.25) is 0 Å². The Balaban J connectivity index is 1.94. The van der Waals surface area contributed by atoms with Crippen molar-refractivity contribution in [1.29, 1.82) is 0 Å². The molecule has 0 radical (unpaired) electrons. The van der Waals surface area contributed by atoms with Gasteiger partial charge in [-0.1, -0.05) is 32.8 Å². The van der Waals surface area contributed by atoms with Crippen LogP contribution in [0.3, 0.4) is 0 Å². The van der Waals surface area contributed by atoms with E-state index in [1.54, 1.807) is 0 Å². The van der Waals surface area contributed by atoms with Gasteiger partial charge < -0.3 is 9.97 Å². The molecule has 4 heteroatoms. The van der Waals surface area contributed by atoms with Gasteiger partial charge in [-0.2, -0.15) is 0 Å². The van der Waals surface area contributed by atoms with Crippen molar-refractivity contribution in [2.75, 3.05) is 0 Å². The van der Waals surface area contributed by atoms with Crippen molar-refractivity contribution in [1.82, 2.24) is 9.97 Å². The van der Waals surface area contributed by atoms with Gasteiger partial charge in [0.2, 0.25) is 0 Å². The fourth-order valence-electron chi connectivity index (χ4n) is 3.52. The molecule has 2 N–H and O–H groups in total. The van der Waals surface area contributed by atoms with Crippen LogP contribution >= 0.6 is 11.6 Å². The SMILES string of the molecule is CC1(C)CCCCC1C(Cl)c1ccc2[nH]c(=O)[nH]c2c1. The Labute approximate surface area is 123 Å². The molecule has 0 spiro atoms. The Hall–Kier alpha value is -1.22. The number of aromatic nitrogens is 2. The number of H-pyrrole nitrogens is 2. The molecule has 3 rings (SSSR count). The Morgan fingerprint density at radius 1 is 1.25 bits per heavy atom. The number of halogens is 1. The van der Waals surface area contributed by atoms with E-state index in [4.69, 9.17) is 11.6 Å². The lowest BCUT2D eigenvalue weighted by atomic mass is 9.66. The van der Waals surface area contributed by atoms with Crippen LogP contribution in [0.15, 0.2) is 23.0 Å². The van der Waals surface area contributed by atoms with Gasteiger partial charge in [-0.05, 0) is 41.9 Å². The third-order valence-electron chi connectivity index (χ3n) is 4.80. The van der Waals surface area contributed by atoms with Crippen molar-refractivity contribution in [3.05, 3.63) is 34.2 Å². The number of rotatable bonds is 2. The van der Waals surface area contributed by atoms with E-state index in [2.05, 4.69) is 23.8 Å². The summed E-state index contributed by atoms with van der Waals surface area (Å²) >= 11 is 6.77. The number of hydrogen-bond acceptors (Lipinski definition) is 1. The molecule has 2 atom stereocenters. The van der Waals surface area contributed by atoms with Gasteiger partial charge in [0, 0.05) is 0 Å². The summed E-state index contributed by atoms with van der Waals surface area (Å²) < 4.78 is 0. The second kappa shape index (κ2) is 4.96. The Kier molecular flexibility index (Phi) is 3.41. The Bertz CT molecular complexity index is 670. The average Bonchev–Trinajstić information content (AvgIpc) is 2.76. The highest BCUT2D eigenvalue weighted by Gasteiger charge is 2.37. The van der Waals surface area contributed by atoms with E-state index in [0.717, 1.165) is 16.6 Å². The van der Waals surface area contributed by atoms with E-state index in [-0.39, 0.29) is 16.5 Å². The van der Waals surface area contributed by atoms with Crippen molar-refractivity contribution < 1.29 is 0 Å².